The lowest BCUT2D eigenvalue weighted by atomic mass is 10.1. The second-order valence-electron chi connectivity index (χ2n) is 5.07. The van der Waals surface area contributed by atoms with Crippen LogP contribution >= 0.6 is 0 Å². The average molecular weight is 351 g/mol. The molecule has 0 saturated carbocycles. The summed E-state index contributed by atoms with van der Waals surface area (Å²) in [4.78, 5) is 21.9. The first-order valence-electron chi connectivity index (χ1n) is 6.95. The van der Waals surface area contributed by atoms with Crippen molar-refractivity contribution in [3.8, 4) is 0 Å². The van der Waals surface area contributed by atoms with Gasteiger partial charge in [-0.15, -0.1) is 0 Å². The maximum Gasteiger partial charge on any atom is 0.435 e. The van der Waals surface area contributed by atoms with Crippen molar-refractivity contribution in [1.29, 1.82) is 0 Å². The highest BCUT2D eigenvalue weighted by molar-refractivity contribution is 6.05. The van der Waals surface area contributed by atoms with Crippen molar-refractivity contribution in [2.24, 2.45) is 5.10 Å². The van der Waals surface area contributed by atoms with Crippen LogP contribution in [0.15, 0.2) is 53.6 Å². The van der Waals surface area contributed by atoms with Crippen molar-refractivity contribution in [1.82, 2.24) is 5.43 Å². The molecular weight excluding hydrogens is 339 g/mol. The Morgan fingerprint density at radius 3 is 2.32 bits per heavy atom. The molecule has 0 unspecified atom stereocenters. The SMILES string of the molecule is Cc1ccc(/C(=N/NC(=O)c2cccc([N+](=O)[O-])c2)C(F)(F)F)cc1. The fourth-order valence-corrected chi connectivity index (χ4v) is 1.93. The van der Waals surface area contributed by atoms with Gasteiger partial charge in [0.15, 0.2) is 5.71 Å². The minimum atomic E-state index is -4.79. The smallest absolute Gasteiger partial charge is 0.267 e. The van der Waals surface area contributed by atoms with Crippen LogP contribution in [0.3, 0.4) is 0 Å². The van der Waals surface area contributed by atoms with Crippen molar-refractivity contribution in [2.45, 2.75) is 13.1 Å². The van der Waals surface area contributed by atoms with Gasteiger partial charge in [0.25, 0.3) is 11.6 Å². The summed E-state index contributed by atoms with van der Waals surface area (Å²) in [5, 5.41) is 13.9. The molecule has 0 aliphatic rings. The third-order valence-corrected chi connectivity index (χ3v) is 3.18. The molecule has 0 fully saturated rings. The first-order valence-corrected chi connectivity index (χ1v) is 6.95. The molecule has 0 saturated heterocycles. The van der Waals surface area contributed by atoms with Crippen molar-refractivity contribution in [2.75, 3.05) is 0 Å². The molecule has 0 heterocycles. The zero-order chi connectivity index (χ0) is 18.6. The third kappa shape index (κ3) is 4.63. The number of nitro benzene ring substituents is 1. The average Bonchev–Trinajstić information content (AvgIpc) is 2.55. The fraction of sp³-hybridized carbons (Fsp3) is 0.125. The Morgan fingerprint density at radius 1 is 1.12 bits per heavy atom. The topological polar surface area (TPSA) is 84.6 Å². The molecule has 2 rings (SSSR count). The van der Waals surface area contributed by atoms with E-state index in [0.717, 1.165) is 17.7 Å². The number of carbonyl (C=O) groups is 1. The number of hydrogen-bond acceptors (Lipinski definition) is 4. The van der Waals surface area contributed by atoms with Crippen LogP contribution in [0.2, 0.25) is 0 Å². The van der Waals surface area contributed by atoms with Crippen LogP contribution in [-0.4, -0.2) is 22.7 Å². The van der Waals surface area contributed by atoms with Gasteiger partial charge in [-0.25, -0.2) is 5.43 Å². The maximum atomic E-state index is 13.2. The summed E-state index contributed by atoms with van der Waals surface area (Å²) in [5.41, 5.74) is 0.545. The lowest BCUT2D eigenvalue weighted by molar-refractivity contribution is -0.384. The van der Waals surface area contributed by atoms with E-state index in [4.69, 9.17) is 0 Å². The number of nitrogens with zero attached hydrogens (tertiary/aromatic N) is 2. The van der Waals surface area contributed by atoms with E-state index in [-0.39, 0.29) is 16.8 Å². The zero-order valence-electron chi connectivity index (χ0n) is 12.9. The Kier molecular flexibility index (Phi) is 5.16. The molecule has 0 bridgehead atoms. The quantitative estimate of drug-likeness (QED) is 0.519. The fourth-order valence-electron chi connectivity index (χ4n) is 1.93. The van der Waals surface area contributed by atoms with Gasteiger partial charge < -0.3 is 0 Å². The molecule has 6 nitrogen and oxygen atoms in total. The summed E-state index contributed by atoms with van der Waals surface area (Å²) in [6.07, 6.45) is -4.79. The van der Waals surface area contributed by atoms with Crippen LogP contribution in [0, 0.1) is 17.0 Å². The van der Waals surface area contributed by atoms with Crippen LogP contribution in [0.1, 0.15) is 21.5 Å². The van der Waals surface area contributed by atoms with Gasteiger partial charge in [-0.1, -0.05) is 35.9 Å². The number of benzene rings is 2. The van der Waals surface area contributed by atoms with E-state index < -0.39 is 22.7 Å². The molecule has 0 aliphatic heterocycles. The van der Waals surface area contributed by atoms with Crippen molar-refractivity contribution < 1.29 is 22.9 Å². The van der Waals surface area contributed by atoms with Gasteiger partial charge in [0.2, 0.25) is 0 Å². The lowest BCUT2D eigenvalue weighted by Crippen LogP contribution is -2.29. The third-order valence-electron chi connectivity index (χ3n) is 3.18. The lowest BCUT2D eigenvalue weighted by Gasteiger charge is -2.11. The van der Waals surface area contributed by atoms with Crippen molar-refractivity contribution >= 4 is 17.3 Å². The number of halogens is 3. The Labute approximate surface area is 140 Å². The van der Waals surface area contributed by atoms with E-state index in [1.54, 1.807) is 12.3 Å². The first-order chi connectivity index (χ1) is 11.7. The van der Waals surface area contributed by atoms with Gasteiger partial charge in [-0.05, 0) is 13.0 Å². The standard InChI is InChI=1S/C16H12F3N3O3/c1-10-5-7-11(8-6-10)14(16(17,18)19)20-21-15(23)12-3-2-4-13(9-12)22(24)25/h2-9H,1H3,(H,21,23)/b20-14-. The molecule has 0 aromatic heterocycles. The van der Waals surface area contributed by atoms with Gasteiger partial charge in [0, 0.05) is 23.3 Å². The minimum Gasteiger partial charge on any atom is -0.267 e. The van der Waals surface area contributed by atoms with Gasteiger partial charge in [-0.3, -0.25) is 14.9 Å². The predicted octanol–water partition coefficient (Wildman–Crippen LogP) is 3.60. The second kappa shape index (κ2) is 7.12. The molecular formula is C16H12F3N3O3. The highest BCUT2D eigenvalue weighted by Crippen LogP contribution is 2.23. The number of rotatable bonds is 4. The number of nitro groups is 1. The number of aryl methyl sites for hydroxylation is 1. The number of carbonyl (C=O) groups excluding carboxylic acids is 1. The highest BCUT2D eigenvalue weighted by Gasteiger charge is 2.37. The van der Waals surface area contributed by atoms with E-state index in [1.165, 1.54) is 36.4 Å². The molecule has 0 spiro atoms. The number of hydrazone groups is 1. The highest BCUT2D eigenvalue weighted by atomic mass is 19.4. The molecule has 0 aliphatic carbocycles. The number of non-ortho nitro benzene ring substituents is 1. The summed E-state index contributed by atoms with van der Waals surface area (Å²) >= 11 is 0. The van der Waals surface area contributed by atoms with Crippen molar-refractivity contribution in [3.63, 3.8) is 0 Å². The van der Waals surface area contributed by atoms with Crippen LogP contribution < -0.4 is 5.43 Å². The molecule has 0 atom stereocenters. The number of nitrogens with one attached hydrogen (secondary N) is 1. The van der Waals surface area contributed by atoms with Gasteiger partial charge in [0.05, 0.1) is 4.92 Å². The number of amides is 1. The van der Waals surface area contributed by atoms with Crippen LogP contribution in [0.25, 0.3) is 0 Å². The van der Waals surface area contributed by atoms with E-state index in [0.29, 0.717) is 0 Å². The molecule has 2 aromatic carbocycles. The molecule has 1 N–H and O–H groups in total. The van der Waals surface area contributed by atoms with E-state index in [2.05, 4.69) is 5.10 Å². The number of hydrogen-bond donors (Lipinski definition) is 1. The molecule has 9 heteroatoms. The Morgan fingerprint density at radius 2 is 1.76 bits per heavy atom. The van der Waals surface area contributed by atoms with E-state index in [9.17, 15) is 28.1 Å². The van der Waals surface area contributed by atoms with Gasteiger partial charge in [-0.2, -0.15) is 18.3 Å². The second-order valence-corrected chi connectivity index (χ2v) is 5.07. The minimum absolute atomic E-state index is 0.177. The molecule has 130 valence electrons. The van der Waals surface area contributed by atoms with E-state index in [1.807, 2.05) is 0 Å². The summed E-state index contributed by atoms with van der Waals surface area (Å²) in [7, 11) is 0. The molecule has 2 aromatic rings. The molecule has 0 radical (unpaired) electrons. The monoisotopic (exact) mass is 351 g/mol. The zero-order valence-corrected chi connectivity index (χ0v) is 12.9. The van der Waals surface area contributed by atoms with Gasteiger partial charge >= 0.3 is 6.18 Å². The molecule has 25 heavy (non-hydrogen) atoms. The Bertz CT molecular complexity index is 831. The summed E-state index contributed by atoms with van der Waals surface area (Å²) < 4.78 is 39.5. The van der Waals surface area contributed by atoms with Crippen LogP contribution in [0.4, 0.5) is 18.9 Å². The van der Waals surface area contributed by atoms with Crippen molar-refractivity contribution in [3.05, 3.63) is 75.3 Å². The van der Waals surface area contributed by atoms with Gasteiger partial charge in [0.1, 0.15) is 0 Å². The van der Waals surface area contributed by atoms with E-state index >= 15 is 0 Å². The Hall–Kier alpha value is -3.23. The van der Waals surface area contributed by atoms with Crippen LogP contribution in [-0.2, 0) is 0 Å². The maximum absolute atomic E-state index is 13.2. The number of alkyl halides is 3. The summed E-state index contributed by atoms with van der Waals surface area (Å²) in [6, 6.07) is 10.0. The Balaban J connectivity index is 2.29. The largest absolute Gasteiger partial charge is 0.435 e. The van der Waals surface area contributed by atoms with Crippen LogP contribution in [0.5, 0.6) is 0 Å². The summed E-state index contributed by atoms with van der Waals surface area (Å²) in [6.45, 7) is 1.72. The summed E-state index contributed by atoms with van der Waals surface area (Å²) in [5.74, 6) is -0.988. The predicted molar refractivity (Wildman–Crippen MR) is 84.3 cm³/mol. The first kappa shape index (κ1) is 18.1. The molecule has 1 amide bonds. The normalized spacial score (nSPS) is 11.9.